The van der Waals surface area contributed by atoms with Crippen LogP contribution in [-0.4, -0.2) is 23.4 Å². The summed E-state index contributed by atoms with van der Waals surface area (Å²) in [5, 5.41) is 10.5. The van der Waals surface area contributed by atoms with Gasteiger partial charge in [-0.15, -0.1) is 0 Å². The molecule has 0 saturated carbocycles. The molecule has 0 radical (unpaired) electrons. The van der Waals surface area contributed by atoms with E-state index in [0.29, 0.717) is 0 Å². The fraction of sp³-hybridized carbons (Fsp3) is 1.00. The van der Waals surface area contributed by atoms with Gasteiger partial charge in [0.05, 0.1) is 0 Å². The second-order valence-electron chi connectivity index (χ2n) is 3.20. The van der Waals surface area contributed by atoms with Crippen LogP contribution >= 0.6 is 0 Å². The van der Waals surface area contributed by atoms with Crippen molar-refractivity contribution in [2.45, 2.75) is 40.0 Å². The minimum atomic E-state index is 0.737. The van der Waals surface area contributed by atoms with Crippen LogP contribution in [0.1, 0.15) is 40.0 Å². The van der Waals surface area contributed by atoms with Gasteiger partial charge in [-0.25, -0.2) is 0 Å². The molecule has 2 nitrogen and oxygen atoms in total. The molecule has 0 rings (SSSR count). The molecule has 1 atom stereocenters. The summed E-state index contributed by atoms with van der Waals surface area (Å²) >= 11 is 0. The van der Waals surface area contributed by atoms with Gasteiger partial charge in [0, 0.05) is 13.1 Å². The molecule has 0 spiro atoms. The van der Waals surface area contributed by atoms with Gasteiger partial charge in [0.15, 0.2) is 0 Å². The molecule has 0 aliphatic rings. The Hall–Kier alpha value is -0.0800. The second-order valence-corrected chi connectivity index (χ2v) is 3.20. The van der Waals surface area contributed by atoms with Crippen LogP contribution in [0.2, 0.25) is 0 Å². The first-order chi connectivity index (χ1) is 5.20. The van der Waals surface area contributed by atoms with E-state index >= 15 is 0 Å². The van der Waals surface area contributed by atoms with E-state index in [1.54, 1.807) is 0 Å². The van der Waals surface area contributed by atoms with E-state index in [0.717, 1.165) is 25.4 Å². The molecule has 2 heteroatoms. The van der Waals surface area contributed by atoms with E-state index < -0.39 is 0 Å². The summed E-state index contributed by atoms with van der Waals surface area (Å²) in [4.78, 5) is 0. The van der Waals surface area contributed by atoms with Crippen LogP contribution in [0, 0.1) is 5.92 Å². The summed E-state index contributed by atoms with van der Waals surface area (Å²) in [5.74, 6) is 0.806. The smallest absolute Gasteiger partial charge is 0.0238 e. The zero-order chi connectivity index (χ0) is 8.69. The molecule has 0 heterocycles. The van der Waals surface area contributed by atoms with Gasteiger partial charge in [-0.2, -0.15) is 5.06 Å². The van der Waals surface area contributed by atoms with Gasteiger partial charge >= 0.3 is 0 Å². The summed E-state index contributed by atoms with van der Waals surface area (Å²) in [6, 6.07) is 0. The van der Waals surface area contributed by atoms with Gasteiger partial charge in [0.2, 0.25) is 0 Å². The summed E-state index contributed by atoms with van der Waals surface area (Å²) in [5.41, 5.74) is 0. The molecule has 0 aliphatic carbocycles. The number of hydroxylamine groups is 2. The van der Waals surface area contributed by atoms with Crippen molar-refractivity contribution >= 4 is 0 Å². The highest BCUT2D eigenvalue weighted by molar-refractivity contribution is 4.51. The molecule has 0 amide bonds. The summed E-state index contributed by atoms with van der Waals surface area (Å²) < 4.78 is 0. The van der Waals surface area contributed by atoms with E-state index in [9.17, 15) is 0 Å². The number of nitrogens with zero attached hydrogens (tertiary/aromatic N) is 1. The summed E-state index contributed by atoms with van der Waals surface area (Å²) in [7, 11) is 0. The van der Waals surface area contributed by atoms with E-state index in [1.165, 1.54) is 17.9 Å². The highest BCUT2D eigenvalue weighted by Crippen LogP contribution is 2.08. The fourth-order valence-corrected chi connectivity index (χ4v) is 0.985. The quantitative estimate of drug-likeness (QED) is 0.602. The second kappa shape index (κ2) is 6.62. The van der Waals surface area contributed by atoms with Crippen LogP contribution in [0.5, 0.6) is 0 Å². The largest absolute Gasteiger partial charge is 0.314 e. The van der Waals surface area contributed by atoms with Crippen molar-refractivity contribution in [3.8, 4) is 0 Å². The van der Waals surface area contributed by atoms with E-state index in [1.807, 2.05) is 6.92 Å². The minimum Gasteiger partial charge on any atom is -0.314 e. The lowest BCUT2D eigenvalue weighted by Gasteiger charge is -2.13. The van der Waals surface area contributed by atoms with Crippen molar-refractivity contribution in [2.24, 2.45) is 5.92 Å². The Bertz CT molecular complexity index is 75.6. The maximum atomic E-state index is 9.08. The monoisotopic (exact) mass is 159 g/mol. The van der Waals surface area contributed by atoms with E-state index in [-0.39, 0.29) is 0 Å². The van der Waals surface area contributed by atoms with Crippen molar-refractivity contribution in [3.05, 3.63) is 0 Å². The highest BCUT2D eigenvalue weighted by atomic mass is 16.5. The first-order valence-electron chi connectivity index (χ1n) is 4.64. The predicted molar refractivity (Wildman–Crippen MR) is 47.7 cm³/mol. The highest BCUT2D eigenvalue weighted by Gasteiger charge is 2.00. The Morgan fingerprint density at radius 2 is 2.00 bits per heavy atom. The number of rotatable bonds is 6. The minimum absolute atomic E-state index is 0.737. The standard InChI is InChI=1S/C9H21NO/c1-4-9(3)7-6-8-10(11)5-2/h9,11H,4-8H2,1-3H3. The molecular formula is C9H21NO. The molecule has 0 aromatic rings. The zero-order valence-electron chi connectivity index (χ0n) is 8.01. The molecule has 0 aliphatic heterocycles. The normalized spacial score (nSPS) is 13.9. The van der Waals surface area contributed by atoms with Crippen LogP contribution < -0.4 is 0 Å². The van der Waals surface area contributed by atoms with Crippen LogP contribution in [0.25, 0.3) is 0 Å². The van der Waals surface area contributed by atoms with Crippen molar-refractivity contribution in [2.75, 3.05) is 13.1 Å². The predicted octanol–water partition coefficient (Wildman–Crippen LogP) is 2.52. The molecule has 11 heavy (non-hydrogen) atoms. The van der Waals surface area contributed by atoms with Crippen molar-refractivity contribution in [1.29, 1.82) is 0 Å². The lowest BCUT2D eigenvalue weighted by molar-refractivity contribution is -0.0874. The Labute approximate surface area is 70.2 Å². The van der Waals surface area contributed by atoms with Crippen molar-refractivity contribution in [3.63, 3.8) is 0 Å². The molecule has 0 aromatic carbocycles. The van der Waals surface area contributed by atoms with E-state index in [2.05, 4.69) is 13.8 Å². The SMILES string of the molecule is CCC(C)CCCN(O)CC. The number of hydrogen-bond acceptors (Lipinski definition) is 2. The molecule has 0 saturated heterocycles. The molecule has 0 aromatic heterocycles. The third kappa shape index (κ3) is 6.32. The lowest BCUT2D eigenvalue weighted by Crippen LogP contribution is -2.19. The van der Waals surface area contributed by atoms with Gasteiger partial charge < -0.3 is 5.21 Å². The van der Waals surface area contributed by atoms with Gasteiger partial charge in [-0.3, -0.25) is 0 Å². The Balaban J connectivity index is 3.13. The van der Waals surface area contributed by atoms with Gasteiger partial charge in [0.1, 0.15) is 0 Å². The summed E-state index contributed by atoms with van der Waals surface area (Å²) in [6.07, 6.45) is 3.59. The van der Waals surface area contributed by atoms with Crippen LogP contribution in [0.3, 0.4) is 0 Å². The van der Waals surface area contributed by atoms with Crippen LogP contribution in [0.4, 0.5) is 0 Å². The maximum Gasteiger partial charge on any atom is 0.0238 e. The Morgan fingerprint density at radius 3 is 2.45 bits per heavy atom. The molecule has 0 fully saturated rings. The third-order valence-corrected chi connectivity index (χ3v) is 2.18. The molecule has 0 bridgehead atoms. The molecule has 1 unspecified atom stereocenters. The van der Waals surface area contributed by atoms with Crippen LogP contribution in [-0.2, 0) is 0 Å². The first kappa shape index (κ1) is 10.9. The average Bonchev–Trinajstić information content (AvgIpc) is 2.04. The number of hydrogen-bond donors (Lipinski definition) is 1. The molecular weight excluding hydrogens is 138 g/mol. The Morgan fingerprint density at radius 1 is 1.36 bits per heavy atom. The van der Waals surface area contributed by atoms with Crippen molar-refractivity contribution in [1.82, 2.24) is 5.06 Å². The van der Waals surface area contributed by atoms with Crippen molar-refractivity contribution < 1.29 is 5.21 Å². The Kier molecular flexibility index (Phi) is 6.57. The third-order valence-electron chi connectivity index (χ3n) is 2.18. The first-order valence-corrected chi connectivity index (χ1v) is 4.64. The average molecular weight is 159 g/mol. The van der Waals surface area contributed by atoms with Gasteiger partial charge in [-0.1, -0.05) is 27.2 Å². The summed E-state index contributed by atoms with van der Waals surface area (Å²) in [6.45, 7) is 7.99. The van der Waals surface area contributed by atoms with E-state index in [4.69, 9.17) is 5.21 Å². The van der Waals surface area contributed by atoms with Crippen LogP contribution in [0.15, 0.2) is 0 Å². The van der Waals surface area contributed by atoms with Gasteiger partial charge in [-0.05, 0) is 18.8 Å². The lowest BCUT2D eigenvalue weighted by atomic mass is 10.0. The maximum absolute atomic E-state index is 9.08. The fourth-order valence-electron chi connectivity index (χ4n) is 0.985. The molecule has 68 valence electrons. The van der Waals surface area contributed by atoms with Gasteiger partial charge in [0.25, 0.3) is 0 Å². The zero-order valence-corrected chi connectivity index (χ0v) is 8.01. The topological polar surface area (TPSA) is 23.5 Å². The molecule has 1 N–H and O–H groups in total.